The topological polar surface area (TPSA) is 85.3 Å². The lowest BCUT2D eigenvalue weighted by Gasteiger charge is -2.18. The summed E-state index contributed by atoms with van der Waals surface area (Å²) in [5, 5.41) is 3.30. The molecule has 20 heavy (non-hydrogen) atoms. The second kappa shape index (κ2) is 5.49. The molecule has 1 aliphatic rings. The third-order valence-corrected chi connectivity index (χ3v) is 4.65. The van der Waals surface area contributed by atoms with Crippen molar-refractivity contribution in [3.8, 4) is 0 Å². The molecule has 1 heterocycles. The van der Waals surface area contributed by atoms with Gasteiger partial charge in [-0.1, -0.05) is 23.4 Å². The molecule has 0 bridgehead atoms. The van der Waals surface area contributed by atoms with E-state index in [-0.39, 0.29) is 11.5 Å². The third kappa shape index (κ3) is 2.60. The van der Waals surface area contributed by atoms with Crippen molar-refractivity contribution in [2.24, 2.45) is 5.16 Å². The number of rotatable bonds is 3. The molecule has 0 aromatic heterocycles. The van der Waals surface area contributed by atoms with Crippen LogP contribution in [0.4, 0.5) is 5.69 Å². The van der Waals surface area contributed by atoms with E-state index in [9.17, 15) is 13.2 Å². The zero-order valence-corrected chi connectivity index (χ0v) is 11.8. The standard InChI is InChI=1S/C12H14N2O5S/c1-14(9-6-4-3-5-7-9)20(16,17)11-8-10(19-13-11)12(15)18-2/h3-7,10H,8H2,1-2H3. The summed E-state index contributed by atoms with van der Waals surface area (Å²) in [5.41, 5.74) is 0.497. The minimum atomic E-state index is -3.82. The monoisotopic (exact) mass is 298 g/mol. The molecule has 1 aromatic rings. The largest absolute Gasteiger partial charge is 0.466 e. The molecule has 1 atom stereocenters. The van der Waals surface area contributed by atoms with E-state index in [0.29, 0.717) is 5.69 Å². The fraction of sp³-hybridized carbons (Fsp3) is 0.333. The van der Waals surface area contributed by atoms with E-state index >= 15 is 0 Å². The zero-order valence-electron chi connectivity index (χ0n) is 11.0. The van der Waals surface area contributed by atoms with Crippen LogP contribution in [0.1, 0.15) is 6.42 Å². The van der Waals surface area contributed by atoms with Gasteiger partial charge < -0.3 is 9.57 Å². The summed E-state index contributed by atoms with van der Waals surface area (Å²) in [4.78, 5) is 16.1. The average Bonchev–Trinajstić information content (AvgIpc) is 2.97. The van der Waals surface area contributed by atoms with E-state index in [1.165, 1.54) is 14.2 Å². The molecular weight excluding hydrogens is 284 g/mol. The molecule has 0 saturated carbocycles. The fourth-order valence-electron chi connectivity index (χ4n) is 1.70. The fourth-order valence-corrected chi connectivity index (χ4v) is 2.92. The maximum absolute atomic E-state index is 12.4. The van der Waals surface area contributed by atoms with Crippen molar-refractivity contribution < 1.29 is 22.8 Å². The van der Waals surface area contributed by atoms with Crippen molar-refractivity contribution in [1.29, 1.82) is 0 Å². The van der Waals surface area contributed by atoms with Crippen molar-refractivity contribution >= 4 is 26.7 Å². The molecule has 7 nitrogen and oxygen atoms in total. The van der Waals surface area contributed by atoms with Crippen molar-refractivity contribution in [3.05, 3.63) is 30.3 Å². The predicted octanol–water partition coefficient (Wildman–Crippen LogP) is 0.728. The van der Waals surface area contributed by atoms with Gasteiger partial charge in [-0.3, -0.25) is 4.31 Å². The number of hydrogen-bond acceptors (Lipinski definition) is 6. The SMILES string of the molecule is COC(=O)C1CC(S(=O)(=O)N(C)c2ccccc2)=NO1. The first-order valence-corrected chi connectivity index (χ1v) is 7.25. The zero-order chi connectivity index (χ0) is 14.8. The Kier molecular flexibility index (Phi) is 3.93. The van der Waals surface area contributed by atoms with E-state index < -0.39 is 22.1 Å². The molecule has 0 saturated heterocycles. The number of ether oxygens (including phenoxy) is 1. The quantitative estimate of drug-likeness (QED) is 0.768. The summed E-state index contributed by atoms with van der Waals surface area (Å²) in [5.74, 6) is -0.652. The third-order valence-electron chi connectivity index (χ3n) is 2.88. The number of carbonyl (C=O) groups is 1. The summed E-state index contributed by atoms with van der Waals surface area (Å²) < 4.78 is 30.3. The van der Waals surface area contributed by atoms with Gasteiger partial charge >= 0.3 is 5.97 Å². The number of esters is 1. The molecule has 0 N–H and O–H groups in total. The van der Waals surface area contributed by atoms with Crippen LogP contribution in [0, 0.1) is 0 Å². The van der Waals surface area contributed by atoms with Crippen LogP contribution < -0.4 is 4.31 Å². The average molecular weight is 298 g/mol. The van der Waals surface area contributed by atoms with Gasteiger partial charge in [-0.2, -0.15) is 8.42 Å². The van der Waals surface area contributed by atoms with Crippen molar-refractivity contribution in [2.75, 3.05) is 18.5 Å². The lowest BCUT2D eigenvalue weighted by atomic mass is 10.3. The van der Waals surface area contributed by atoms with Gasteiger partial charge in [-0.15, -0.1) is 0 Å². The van der Waals surface area contributed by atoms with E-state index in [1.807, 2.05) is 0 Å². The lowest BCUT2D eigenvalue weighted by Crippen LogP contribution is -2.33. The van der Waals surface area contributed by atoms with Gasteiger partial charge in [-0.05, 0) is 12.1 Å². The lowest BCUT2D eigenvalue weighted by molar-refractivity contribution is -0.152. The molecule has 0 radical (unpaired) electrons. The van der Waals surface area contributed by atoms with Gasteiger partial charge in [0.1, 0.15) is 0 Å². The highest BCUT2D eigenvalue weighted by Gasteiger charge is 2.37. The molecule has 1 aromatic carbocycles. The number of oxime groups is 1. The van der Waals surface area contributed by atoms with E-state index in [2.05, 4.69) is 9.89 Å². The number of nitrogens with zero attached hydrogens (tertiary/aromatic N) is 2. The number of methoxy groups -OCH3 is 1. The van der Waals surface area contributed by atoms with Crippen LogP contribution in [-0.2, 0) is 24.4 Å². The van der Waals surface area contributed by atoms with Gasteiger partial charge in [-0.25, -0.2) is 4.79 Å². The first kappa shape index (κ1) is 14.3. The maximum atomic E-state index is 12.4. The highest BCUT2D eigenvalue weighted by Crippen LogP contribution is 2.22. The Morgan fingerprint density at radius 1 is 1.40 bits per heavy atom. The van der Waals surface area contributed by atoms with E-state index in [1.54, 1.807) is 30.3 Å². The van der Waals surface area contributed by atoms with Crippen molar-refractivity contribution in [2.45, 2.75) is 12.5 Å². The minimum absolute atomic E-state index is 0.133. The summed E-state index contributed by atoms with van der Waals surface area (Å²) >= 11 is 0. The maximum Gasteiger partial charge on any atom is 0.350 e. The van der Waals surface area contributed by atoms with Crippen LogP contribution in [0.2, 0.25) is 0 Å². The number of para-hydroxylation sites is 1. The molecule has 0 fully saturated rings. The van der Waals surface area contributed by atoms with Gasteiger partial charge in [0.2, 0.25) is 6.10 Å². The van der Waals surface area contributed by atoms with Crippen LogP contribution >= 0.6 is 0 Å². The molecule has 2 rings (SSSR count). The smallest absolute Gasteiger partial charge is 0.350 e. The van der Waals surface area contributed by atoms with Gasteiger partial charge in [0.25, 0.3) is 10.0 Å². The number of anilines is 1. The van der Waals surface area contributed by atoms with E-state index in [4.69, 9.17) is 4.84 Å². The molecule has 108 valence electrons. The number of hydrogen-bond donors (Lipinski definition) is 0. The van der Waals surface area contributed by atoms with Crippen molar-refractivity contribution in [1.82, 2.24) is 0 Å². The summed E-state index contributed by atoms with van der Waals surface area (Å²) in [6.07, 6.45) is -1.14. The Morgan fingerprint density at radius 3 is 2.65 bits per heavy atom. The Balaban J connectivity index is 2.18. The van der Waals surface area contributed by atoms with Gasteiger partial charge in [0.05, 0.1) is 19.2 Å². The van der Waals surface area contributed by atoms with Crippen molar-refractivity contribution in [3.63, 3.8) is 0 Å². The van der Waals surface area contributed by atoms with Crippen LogP contribution in [0.3, 0.4) is 0 Å². The first-order chi connectivity index (χ1) is 9.46. The van der Waals surface area contributed by atoms with Gasteiger partial charge in [0.15, 0.2) is 5.04 Å². The molecule has 0 aliphatic carbocycles. The second-order valence-corrected chi connectivity index (χ2v) is 6.08. The summed E-state index contributed by atoms with van der Waals surface area (Å²) in [7, 11) is -1.20. The molecule has 8 heteroatoms. The normalized spacial score (nSPS) is 18.1. The predicted molar refractivity (Wildman–Crippen MR) is 72.7 cm³/mol. The molecule has 0 amide bonds. The molecule has 1 aliphatic heterocycles. The Labute approximate surface area is 116 Å². The second-order valence-electron chi connectivity index (χ2n) is 4.11. The Morgan fingerprint density at radius 2 is 2.05 bits per heavy atom. The highest BCUT2D eigenvalue weighted by molar-refractivity contribution is 8.07. The van der Waals surface area contributed by atoms with Crippen LogP contribution in [0.5, 0.6) is 0 Å². The number of carbonyl (C=O) groups excluding carboxylic acids is 1. The summed E-state index contributed by atoms with van der Waals surface area (Å²) in [6.45, 7) is 0. The first-order valence-electron chi connectivity index (χ1n) is 5.81. The minimum Gasteiger partial charge on any atom is -0.466 e. The summed E-state index contributed by atoms with van der Waals surface area (Å²) in [6, 6.07) is 8.56. The Bertz CT molecular complexity index is 627. The van der Waals surface area contributed by atoms with Crippen LogP contribution in [0.25, 0.3) is 0 Å². The Hall–Kier alpha value is -2.09. The highest BCUT2D eigenvalue weighted by atomic mass is 32.2. The number of sulfonamides is 1. The number of benzene rings is 1. The molecule has 1 unspecified atom stereocenters. The van der Waals surface area contributed by atoms with Gasteiger partial charge in [0, 0.05) is 7.05 Å². The molecule has 0 spiro atoms. The van der Waals surface area contributed by atoms with Crippen LogP contribution in [-0.4, -0.2) is 39.7 Å². The van der Waals surface area contributed by atoms with E-state index in [0.717, 1.165) is 4.31 Å². The molecular formula is C12H14N2O5S. The van der Waals surface area contributed by atoms with Crippen LogP contribution in [0.15, 0.2) is 35.5 Å².